The minimum absolute atomic E-state index is 0.150. The normalized spacial score (nSPS) is 11.9. The van der Waals surface area contributed by atoms with Gasteiger partial charge in [-0.1, -0.05) is 33.8 Å². The Kier molecular flexibility index (Phi) is 5.34. The average molecular weight is 420 g/mol. The molecule has 2 N–H and O–H groups in total. The fourth-order valence-electron chi connectivity index (χ4n) is 2.03. The molecule has 128 valence electrons. The van der Waals surface area contributed by atoms with Crippen LogP contribution < -0.4 is 5.32 Å². The molecule has 0 aliphatic rings. The van der Waals surface area contributed by atoms with Crippen LogP contribution in [0.2, 0.25) is 0 Å². The number of aromatic hydroxyl groups is 1. The minimum Gasteiger partial charge on any atom is -0.508 e. The Hall–Kier alpha value is -2.39. The summed E-state index contributed by atoms with van der Waals surface area (Å²) in [5.74, 6) is 0.0103. The number of rotatable bonds is 5. The van der Waals surface area contributed by atoms with Crippen LogP contribution in [0.1, 0.15) is 6.92 Å². The molecule has 1 atom stereocenters. The smallest absolute Gasteiger partial charge is 0.237 e. The molecule has 3 aromatic rings. The molecule has 0 fully saturated rings. The largest absolute Gasteiger partial charge is 0.508 e. The second-order valence-electron chi connectivity index (χ2n) is 5.15. The van der Waals surface area contributed by atoms with Gasteiger partial charge in [0.1, 0.15) is 5.75 Å². The molecule has 0 bridgehead atoms. The number of phenolic OH excluding ortho intramolecular Hbond substituents is 1. The van der Waals surface area contributed by atoms with Gasteiger partial charge in [-0.25, -0.2) is 0 Å². The molecule has 3 rings (SSSR count). The maximum Gasteiger partial charge on any atom is 0.237 e. The van der Waals surface area contributed by atoms with Crippen molar-refractivity contribution in [3.8, 4) is 11.4 Å². The molecular weight excluding hydrogens is 406 g/mol. The molecule has 0 saturated heterocycles. The number of hydrogen-bond donors (Lipinski definition) is 2. The van der Waals surface area contributed by atoms with Gasteiger partial charge >= 0.3 is 0 Å². The molecule has 1 unspecified atom stereocenters. The zero-order chi connectivity index (χ0) is 17.8. The van der Waals surface area contributed by atoms with E-state index in [0.717, 1.165) is 4.47 Å². The number of anilines is 1. The third-order valence-electron chi connectivity index (χ3n) is 3.28. The second kappa shape index (κ2) is 7.66. The highest BCUT2D eigenvalue weighted by atomic mass is 79.9. The monoisotopic (exact) mass is 419 g/mol. The molecule has 7 nitrogen and oxygen atoms in total. The number of thioether (sulfide) groups is 1. The van der Waals surface area contributed by atoms with Crippen LogP contribution in [-0.2, 0) is 4.79 Å². The van der Waals surface area contributed by atoms with Crippen LogP contribution >= 0.6 is 27.7 Å². The van der Waals surface area contributed by atoms with Crippen molar-refractivity contribution in [1.82, 2.24) is 20.2 Å². The van der Waals surface area contributed by atoms with Crippen molar-refractivity contribution in [1.29, 1.82) is 0 Å². The summed E-state index contributed by atoms with van der Waals surface area (Å²) in [6.45, 7) is 1.79. The first-order valence-corrected chi connectivity index (χ1v) is 9.01. The molecule has 0 aliphatic heterocycles. The maximum absolute atomic E-state index is 12.4. The molecule has 1 aromatic heterocycles. The molecule has 1 heterocycles. The SMILES string of the molecule is CC(Sc1nnnn1-c1ccc(O)cc1)C(=O)Nc1cccc(Br)c1. The van der Waals surface area contributed by atoms with Crippen LogP contribution in [-0.4, -0.2) is 36.5 Å². The quantitative estimate of drug-likeness (QED) is 0.616. The van der Waals surface area contributed by atoms with E-state index >= 15 is 0 Å². The number of phenols is 1. The van der Waals surface area contributed by atoms with Gasteiger partial charge in [-0.05, 0) is 59.8 Å². The van der Waals surface area contributed by atoms with E-state index in [2.05, 4.69) is 36.8 Å². The summed E-state index contributed by atoms with van der Waals surface area (Å²) < 4.78 is 2.41. The van der Waals surface area contributed by atoms with Crippen LogP contribution in [0.5, 0.6) is 5.75 Å². The van der Waals surface area contributed by atoms with Crippen molar-refractivity contribution in [2.75, 3.05) is 5.32 Å². The summed E-state index contributed by atoms with van der Waals surface area (Å²) in [5, 5.41) is 23.9. The summed E-state index contributed by atoms with van der Waals surface area (Å²) in [5.41, 5.74) is 1.41. The number of aromatic nitrogens is 4. The number of carbonyl (C=O) groups excluding carboxylic acids is 1. The van der Waals surface area contributed by atoms with Crippen LogP contribution in [0.3, 0.4) is 0 Å². The van der Waals surface area contributed by atoms with Crippen molar-refractivity contribution in [2.45, 2.75) is 17.3 Å². The van der Waals surface area contributed by atoms with Gasteiger partial charge in [-0.15, -0.1) is 5.10 Å². The van der Waals surface area contributed by atoms with Gasteiger partial charge in [0.05, 0.1) is 10.9 Å². The number of hydrogen-bond acceptors (Lipinski definition) is 6. The number of halogens is 1. The lowest BCUT2D eigenvalue weighted by Gasteiger charge is -2.12. The Bertz CT molecular complexity index is 884. The molecule has 0 saturated carbocycles. The van der Waals surface area contributed by atoms with Crippen molar-refractivity contribution in [3.63, 3.8) is 0 Å². The fraction of sp³-hybridized carbons (Fsp3) is 0.125. The predicted octanol–water partition coefficient (Wildman–Crippen LogP) is 3.25. The number of tetrazole rings is 1. The molecule has 9 heteroatoms. The predicted molar refractivity (Wildman–Crippen MR) is 98.9 cm³/mol. The first-order chi connectivity index (χ1) is 12.0. The van der Waals surface area contributed by atoms with E-state index in [1.807, 2.05) is 24.3 Å². The van der Waals surface area contributed by atoms with E-state index in [0.29, 0.717) is 16.5 Å². The van der Waals surface area contributed by atoms with Crippen LogP contribution in [0.25, 0.3) is 5.69 Å². The highest BCUT2D eigenvalue weighted by molar-refractivity contribution is 9.10. The first kappa shape index (κ1) is 17.4. The lowest BCUT2D eigenvalue weighted by molar-refractivity contribution is -0.115. The van der Waals surface area contributed by atoms with E-state index in [9.17, 15) is 9.90 Å². The third-order valence-corrected chi connectivity index (χ3v) is 4.81. The summed E-state index contributed by atoms with van der Waals surface area (Å²) in [7, 11) is 0. The second-order valence-corrected chi connectivity index (χ2v) is 7.37. The lowest BCUT2D eigenvalue weighted by atomic mass is 10.3. The van der Waals surface area contributed by atoms with Crippen LogP contribution in [0, 0.1) is 0 Å². The van der Waals surface area contributed by atoms with Gasteiger partial charge in [0, 0.05) is 10.2 Å². The van der Waals surface area contributed by atoms with E-state index in [1.54, 1.807) is 31.2 Å². The summed E-state index contributed by atoms with van der Waals surface area (Å²) in [4.78, 5) is 12.4. The van der Waals surface area contributed by atoms with Crippen LogP contribution in [0.4, 0.5) is 5.69 Å². The van der Waals surface area contributed by atoms with Gasteiger partial charge in [-0.3, -0.25) is 4.79 Å². The summed E-state index contributed by atoms with van der Waals surface area (Å²) in [6.07, 6.45) is 0. The number of carbonyl (C=O) groups is 1. The molecule has 1 amide bonds. The average Bonchev–Trinajstić information content (AvgIpc) is 3.03. The summed E-state index contributed by atoms with van der Waals surface area (Å²) in [6, 6.07) is 13.9. The highest BCUT2D eigenvalue weighted by Crippen LogP contribution is 2.25. The van der Waals surface area contributed by atoms with Crippen molar-refractivity contribution < 1.29 is 9.90 Å². The van der Waals surface area contributed by atoms with Gasteiger partial charge in [0.25, 0.3) is 0 Å². The highest BCUT2D eigenvalue weighted by Gasteiger charge is 2.19. The maximum atomic E-state index is 12.4. The van der Waals surface area contributed by atoms with E-state index in [4.69, 9.17) is 0 Å². The van der Waals surface area contributed by atoms with Gasteiger partial charge in [-0.2, -0.15) is 4.68 Å². The Balaban J connectivity index is 1.71. The first-order valence-electron chi connectivity index (χ1n) is 7.34. The van der Waals surface area contributed by atoms with Gasteiger partial charge < -0.3 is 10.4 Å². The molecule has 0 spiro atoms. The zero-order valence-corrected chi connectivity index (χ0v) is 15.5. The number of benzene rings is 2. The third kappa shape index (κ3) is 4.37. The van der Waals surface area contributed by atoms with Crippen LogP contribution in [0.15, 0.2) is 58.2 Å². The standard InChI is InChI=1S/C16H14BrN5O2S/c1-10(15(24)18-12-4-2-3-11(17)9-12)25-16-19-20-21-22(16)13-5-7-14(23)8-6-13/h2-10,23H,1H3,(H,18,24). The Morgan fingerprint density at radius 3 is 2.76 bits per heavy atom. The summed E-state index contributed by atoms with van der Waals surface area (Å²) >= 11 is 4.62. The van der Waals surface area contributed by atoms with Crippen molar-refractivity contribution in [2.24, 2.45) is 0 Å². The molecule has 0 radical (unpaired) electrons. The zero-order valence-electron chi connectivity index (χ0n) is 13.1. The number of amides is 1. The molecular formula is C16H14BrN5O2S. The van der Waals surface area contributed by atoms with Crippen molar-refractivity contribution >= 4 is 39.3 Å². The topological polar surface area (TPSA) is 92.9 Å². The van der Waals surface area contributed by atoms with E-state index in [-0.39, 0.29) is 11.7 Å². The van der Waals surface area contributed by atoms with E-state index < -0.39 is 5.25 Å². The Morgan fingerprint density at radius 1 is 1.28 bits per heavy atom. The molecule has 0 aliphatic carbocycles. The Labute approximate surface area is 156 Å². The Morgan fingerprint density at radius 2 is 2.04 bits per heavy atom. The minimum atomic E-state index is -0.402. The molecule has 25 heavy (non-hydrogen) atoms. The molecule has 2 aromatic carbocycles. The van der Waals surface area contributed by atoms with Crippen molar-refractivity contribution in [3.05, 3.63) is 53.0 Å². The van der Waals surface area contributed by atoms with E-state index in [1.165, 1.54) is 16.4 Å². The number of nitrogens with one attached hydrogen (secondary N) is 1. The lowest BCUT2D eigenvalue weighted by Crippen LogP contribution is -2.22. The van der Waals surface area contributed by atoms with Gasteiger partial charge in [0.15, 0.2) is 0 Å². The fourth-order valence-corrected chi connectivity index (χ4v) is 3.24. The van der Waals surface area contributed by atoms with Gasteiger partial charge in [0.2, 0.25) is 11.1 Å². The number of nitrogens with zero attached hydrogens (tertiary/aromatic N) is 4.